The van der Waals surface area contributed by atoms with Crippen molar-refractivity contribution in [3.05, 3.63) is 91.4 Å². The quantitative estimate of drug-likeness (QED) is 0.286. The predicted molar refractivity (Wildman–Crippen MR) is 212 cm³/mol. The molecule has 0 bridgehead atoms. The maximum atomic E-state index is 12.4. The van der Waals surface area contributed by atoms with Gasteiger partial charge in [0, 0.05) is 69.2 Å². The Bertz CT molecular complexity index is 1430. The number of piperazine rings is 1. The molecule has 1 aromatic heterocycles. The van der Waals surface area contributed by atoms with Crippen molar-refractivity contribution in [2.75, 3.05) is 26.2 Å². The van der Waals surface area contributed by atoms with Crippen molar-refractivity contribution in [2.45, 2.75) is 135 Å². The summed E-state index contributed by atoms with van der Waals surface area (Å²) in [5, 5.41) is 3.62. The van der Waals surface area contributed by atoms with Gasteiger partial charge in [0.1, 0.15) is 0 Å². The van der Waals surface area contributed by atoms with Gasteiger partial charge in [0.15, 0.2) is 0 Å². The summed E-state index contributed by atoms with van der Waals surface area (Å²) in [5.41, 5.74) is 13.1. The molecule has 1 saturated heterocycles. The minimum absolute atomic E-state index is 0.0869. The molecular weight excluding hydrogens is 589 g/mol. The molecule has 2 aliphatic heterocycles. The average Bonchev–Trinajstić information content (AvgIpc) is 3.11. The van der Waals surface area contributed by atoms with Crippen LogP contribution in [0, 0.1) is 33.6 Å². The summed E-state index contributed by atoms with van der Waals surface area (Å²) in [6.45, 7) is 38.0. The first-order chi connectivity index (χ1) is 23.0. The largest absolute Gasteiger partial charge is 0.318 e. The lowest BCUT2D eigenvalue weighted by atomic mass is 9.90. The predicted octanol–water partition coefficient (Wildman–Crippen LogP) is 9.94. The lowest BCUT2D eigenvalue weighted by Gasteiger charge is -2.44. The van der Waals surface area contributed by atoms with Gasteiger partial charge in [-0.05, 0) is 98.0 Å². The molecule has 48 heavy (non-hydrogen) atoms. The second-order valence-electron chi connectivity index (χ2n) is 12.7. The fourth-order valence-corrected chi connectivity index (χ4v) is 7.02. The van der Waals surface area contributed by atoms with Crippen LogP contribution in [0.25, 0.3) is 11.1 Å². The van der Waals surface area contributed by atoms with Gasteiger partial charge in [0.05, 0.1) is 0 Å². The zero-order valence-electron chi connectivity index (χ0n) is 33.9. The third kappa shape index (κ3) is 10.4. The maximum Gasteiger partial charge on any atom is 0.253 e. The van der Waals surface area contributed by atoms with Crippen molar-refractivity contribution in [3.63, 3.8) is 0 Å². The van der Waals surface area contributed by atoms with Gasteiger partial charge < -0.3 is 9.88 Å². The molecule has 2 aromatic carbocycles. The van der Waals surface area contributed by atoms with Gasteiger partial charge in [-0.3, -0.25) is 14.6 Å². The third-order valence-electron chi connectivity index (χ3n) is 9.68. The summed E-state index contributed by atoms with van der Waals surface area (Å²) in [4.78, 5) is 17.8. The number of nitrogens with zero attached hydrogens (tertiary/aromatic N) is 3. The van der Waals surface area contributed by atoms with E-state index in [-0.39, 0.29) is 5.56 Å². The molecule has 0 spiro atoms. The summed E-state index contributed by atoms with van der Waals surface area (Å²) < 4.78 is 1.71. The van der Waals surface area contributed by atoms with Crippen LogP contribution < -0.4 is 10.9 Å². The Morgan fingerprint density at radius 2 is 1.46 bits per heavy atom. The summed E-state index contributed by atoms with van der Waals surface area (Å²) in [6.07, 6.45) is 3.13. The average molecular weight is 661 g/mol. The van der Waals surface area contributed by atoms with E-state index in [1.165, 1.54) is 33.4 Å². The molecule has 0 amide bonds. The molecule has 3 aromatic rings. The first kappa shape index (κ1) is 43.3. The fraction of sp³-hybridized carbons (Fsp3) is 0.605. The number of benzene rings is 2. The maximum absolute atomic E-state index is 12.4. The van der Waals surface area contributed by atoms with E-state index < -0.39 is 0 Å². The number of hydrogen-bond acceptors (Lipinski definition) is 4. The third-order valence-corrected chi connectivity index (χ3v) is 9.68. The molecule has 2 aliphatic rings. The van der Waals surface area contributed by atoms with Gasteiger partial charge in [0.2, 0.25) is 0 Å². The summed E-state index contributed by atoms with van der Waals surface area (Å²) in [7, 11) is 1.85. The van der Waals surface area contributed by atoms with Crippen LogP contribution in [0.5, 0.6) is 0 Å². The Balaban J connectivity index is 0.00000134. The van der Waals surface area contributed by atoms with E-state index >= 15 is 0 Å². The summed E-state index contributed by atoms with van der Waals surface area (Å²) in [5.74, 6) is 0.600. The van der Waals surface area contributed by atoms with Gasteiger partial charge in [-0.25, -0.2) is 0 Å². The lowest BCUT2D eigenvalue weighted by Crippen LogP contribution is -2.54. The van der Waals surface area contributed by atoms with Gasteiger partial charge in [0.25, 0.3) is 5.56 Å². The molecule has 0 saturated carbocycles. The Kier molecular flexibility index (Phi) is 19.3. The molecular formula is C43H72N4O. The SMILES string of the molecule is CC.CC.CC.CC.Cc1cc(-c2cn(C)c(=O)c(C)c2C)cc(C)c1CN1CCN(Cc2cccc3c2CCNC3C)C(C(C)C)C1. The number of pyridine rings is 1. The number of aryl methyl sites for hydroxylation is 3. The summed E-state index contributed by atoms with van der Waals surface area (Å²) in [6, 6.07) is 12.6. The van der Waals surface area contributed by atoms with Crippen LogP contribution in [0.15, 0.2) is 41.3 Å². The number of hydrogen-bond donors (Lipinski definition) is 1. The second kappa shape index (κ2) is 21.4. The molecule has 2 unspecified atom stereocenters. The Morgan fingerprint density at radius 3 is 2.04 bits per heavy atom. The Labute approximate surface area is 296 Å². The minimum Gasteiger partial charge on any atom is -0.318 e. The van der Waals surface area contributed by atoms with Crippen molar-refractivity contribution >= 4 is 0 Å². The molecule has 2 atom stereocenters. The monoisotopic (exact) mass is 661 g/mol. The molecule has 0 aliphatic carbocycles. The molecule has 1 fully saturated rings. The standard InChI is InChI=1S/C35H48N4O.4C2H6/c1-22(2)34-21-38(14-15-39(34)18-28-10-9-11-30-27(7)36-13-12-31(28)30)20-32-23(3)16-29(17-24(32)4)33-19-37(8)35(40)26(6)25(33)5;4*1-2/h9-11,16-17,19,22,27,34,36H,12-15,18,20-21H2,1-8H3;4*1-2H3. The van der Waals surface area contributed by atoms with E-state index in [4.69, 9.17) is 0 Å². The molecule has 5 rings (SSSR count). The van der Waals surface area contributed by atoms with Crippen LogP contribution in [0.1, 0.15) is 127 Å². The highest BCUT2D eigenvalue weighted by atomic mass is 16.1. The first-order valence-corrected chi connectivity index (χ1v) is 19.1. The van der Waals surface area contributed by atoms with E-state index in [0.717, 1.165) is 62.4 Å². The van der Waals surface area contributed by atoms with E-state index in [1.54, 1.807) is 10.1 Å². The van der Waals surface area contributed by atoms with E-state index in [9.17, 15) is 4.79 Å². The van der Waals surface area contributed by atoms with Gasteiger partial charge in [-0.1, -0.05) is 99.6 Å². The van der Waals surface area contributed by atoms with Crippen LogP contribution in [0.4, 0.5) is 0 Å². The zero-order valence-corrected chi connectivity index (χ0v) is 33.9. The van der Waals surface area contributed by atoms with Crippen molar-refractivity contribution in [1.29, 1.82) is 0 Å². The molecule has 0 radical (unpaired) electrons. The lowest BCUT2D eigenvalue weighted by molar-refractivity contribution is 0.0400. The number of rotatable bonds is 6. The minimum atomic E-state index is 0.0869. The highest BCUT2D eigenvalue weighted by Gasteiger charge is 2.31. The zero-order chi connectivity index (χ0) is 36.7. The highest BCUT2D eigenvalue weighted by molar-refractivity contribution is 5.69. The van der Waals surface area contributed by atoms with Crippen molar-refractivity contribution in [2.24, 2.45) is 13.0 Å². The van der Waals surface area contributed by atoms with E-state index in [0.29, 0.717) is 18.0 Å². The molecule has 270 valence electrons. The number of fused-ring (bicyclic) bond motifs is 1. The van der Waals surface area contributed by atoms with Crippen LogP contribution >= 0.6 is 0 Å². The molecule has 3 heterocycles. The van der Waals surface area contributed by atoms with Crippen molar-refractivity contribution < 1.29 is 0 Å². The molecule has 5 heteroatoms. The normalized spacial score (nSPS) is 17.4. The van der Waals surface area contributed by atoms with Crippen molar-refractivity contribution in [3.8, 4) is 11.1 Å². The van der Waals surface area contributed by atoms with E-state index in [1.807, 2.05) is 75.6 Å². The molecule has 5 nitrogen and oxygen atoms in total. The van der Waals surface area contributed by atoms with E-state index in [2.05, 4.69) is 87.0 Å². The Hall–Kier alpha value is -2.73. The number of aromatic nitrogens is 1. The van der Waals surface area contributed by atoms with Crippen LogP contribution in [-0.2, 0) is 26.6 Å². The van der Waals surface area contributed by atoms with Crippen molar-refractivity contribution in [1.82, 2.24) is 19.7 Å². The van der Waals surface area contributed by atoms with Crippen LogP contribution in [0.3, 0.4) is 0 Å². The van der Waals surface area contributed by atoms with Gasteiger partial charge >= 0.3 is 0 Å². The topological polar surface area (TPSA) is 40.5 Å². The van der Waals surface area contributed by atoms with Crippen LogP contribution in [0.2, 0.25) is 0 Å². The fourth-order valence-electron chi connectivity index (χ4n) is 7.02. The Morgan fingerprint density at radius 1 is 0.854 bits per heavy atom. The van der Waals surface area contributed by atoms with Gasteiger partial charge in [-0.2, -0.15) is 0 Å². The number of nitrogens with one attached hydrogen (secondary N) is 1. The summed E-state index contributed by atoms with van der Waals surface area (Å²) >= 11 is 0. The van der Waals surface area contributed by atoms with Gasteiger partial charge in [-0.15, -0.1) is 0 Å². The van der Waals surface area contributed by atoms with Crippen LogP contribution in [-0.4, -0.2) is 46.6 Å². The second-order valence-corrected chi connectivity index (χ2v) is 12.7. The molecule has 1 N–H and O–H groups in total. The smallest absolute Gasteiger partial charge is 0.253 e. The highest BCUT2D eigenvalue weighted by Crippen LogP contribution is 2.31. The first-order valence-electron chi connectivity index (χ1n) is 19.1.